The normalized spacial score (nSPS) is 15.7. The summed E-state index contributed by atoms with van der Waals surface area (Å²) in [6, 6.07) is 25.7. The molecule has 3 aromatic carbocycles. The lowest BCUT2D eigenvalue weighted by Crippen LogP contribution is -2.33. The summed E-state index contributed by atoms with van der Waals surface area (Å²) < 4.78 is 13.6. The molecule has 34 heavy (non-hydrogen) atoms. The van der Waals surface area contributed by atoms with E-state index in [1.807, 2.05) is 36.5 Å². The monoisotopic (exact) mass is 472 g/mol. The van der Waals surface area contributed by atoms with Gasteiger partial charge in [0.15, 0.2) is 11.5 Å². The molecule has 1 aliphatic heterocycles. The van der Waals surface area contributed by atoms with Gasteiger partial charge in [-0.3, -0.25) is 4.90 Å². The smallest absolute Gasteiger partial charge is 0.161 e. The minimum atomic E-state index is 0.179. The average Bonchev–Trinajstić information content (AvgIpc) is 3.11. The van der Waals surface area contributed by atoms with Gasteiger partial charge in [0.25, 0.3) is 0 Å². The Hall–Kier alpha value is -2.86. The van der Waals surface area contributed by atoms with Crippen LogP contribution in [0.1, 0.15) is 36.1 Å². The van der Waals surface area contributed by atoms with E-state index in [9.17, 15) is 0 Å². The Balaban J connectivity index is 1.51. The van der Waals surface area contributed by atoms with Crippen LogP contribution in [0.5, 0.6) is 11.5 Å². The molecule has 1 aliphatic rings. The zero-order valence-electron chi connectivity index (χ0n) is 19.7. The summed E-state index contributed by atoms with van der Waals surface area (Å²) in [4.78, 5) is 2.62. The summed E-state index contributed by atoms with van der Waals surface area (Å²) in [6.45, 7) is 7.32. The maximum atomic E-state index is 6.19. The topological polar surface area (TPSA) is 33.7 Å². The zero-order valence-corrected chi connectivity index (χ0v) is 20.5. The second-order valence-corrected chi connectivity index (χ2v) is 9.55. The highest BCUT2D eigenvalue weighted by molar-refractivity contribution is 7.17. The van der Waals surface area contributed by atoms with E-state index in [2.05, 4.69) is 70.2 Å². The van der Waals surface area contributed by atoms with Crippen molar-refractivity contribution in [3.8, 4) is 11.5 Å². The van der Waals surface area contributed by atoms with Crippen molar-refractivity contribution in [1.29, 1.82) is 0 Å². The van der Waals surface area contributed by atoms with E-state index in [1.165, 1.54) is 21.2 Å². The van der Waals surface area contributed by atoms with E-state index in [0.717, 1.165) is 49.7 Å². The number of hydrogen-bond donors (Lipinski definition) is 1. The zero-order chi connectivity index (χ0) is 23.2. The standard InChI is InChI=1S/C29H32N2O2S/c1-2-32-27-19-23(13-14-26(27)33-20-22-9-4-3-5-10-22)29(31-17-8-15-30-16-18-31)25-21-34-28-12-7-6-11-24(25)28/h3-7,9-14,19,21,29-30H,2,8,15-18,20H2,1H3. The first kappa shape index (κ1) is 22.9. The van der Waals surface area contributed by atoms with Gasteiger partial charge in [0.05, 0.1) is 12.6 Å². The second kappa shape index (κ2) is 11.0. The fourth-order valence-corrected chi connectivity index (χ4v) is 5.72. The van der Waals surface area contributed by atoms with Crippen LogP contribution in [0.3, 0.4) is 0 Å². The molecule has 0 amide bonds. The summed E-state index contributed by atoms with van der Waals surface area (Å²) in [5.74, 6) is 1.61. The molecular weight excluding hydrogens is 440 g/mol. The van der Waals surface area contributed by atoms with Crippen molar-refractivity contribution in [2.45, 2.75) is 26.0 Å². The number of hydrogen-bond acceptors (Lipinski definition) is 5. The van der Waals surface area contributed by atoms with E-state index in [4.69, 9.17) is 9.47 Å². The molecule has 176 valence electrons. The third-order valence-electron chi connectivity index (χ3n) is 6.37. The van der Waals surface area contributed by atoms with Crippen molar-refractivity contribution in [2.75, 3.05) is 32.8 Å². The van der Waals surface area contributed by atoms with Gasteiger partial charge in [0, 0.05) is 24.3 Å². The molecular formula is C29H32N2O2S. The molecule has 5 rings (SSSR count). The summed E-state index contributed by atoms with van der Waals surface area (Å²) in [5.41, 5.74) is 3.78. The Kier molecular flexibility index (Phi) is 7.44. The van der Waals surface area contributed by atoms with Crippen LogP contribution in [-0.2, 0) is 6.61 Å². The number of nitrogens with one attached hydrogen (secondary N) is 1. The first-order valence-corrected chi connectivity index (χ1v) is 13.1. The van der Waals surface area contributed by atoms with Crippen LogP contribution in [0, 0.1) is 0 Å². The largest absolute Gasteiger partial charge is 0.490 e. The fourth-order valence-electron chi connectivity index (χ4n) is 4.74. The van der Waals surface area contributed by atoms with Gasteiger partial charge in [0.2, 0.25) is 0 Å². The minimum Gasteiger partial charge on any atom is -0.490 e. The van der Waals surface area contributed by atoms with Crippen LogP contribution in [0.25, 0.3) is 10.1 Å². The van der Waals surface area contributed by atoms with E-state index in [1.54, 1.807) is 0 Å². The fraction of sp³-hybridized carbons (Fsp3) is 0.310. The van der Waals surface area contributed by atoms with Crippen LogP contribution in [0.4, 0.5) is 0 Å². The molecule has 0 radical (unpaired) electrons. The summed E-state index contributed by atoms with van der Waals surface area (Å²) in [5, 5.41) is 7.24. The van der Waals surface area contributed by atoms with Crippen molar-refractivity contribution < 1.29 is 9.47 Å². The van der Waals surface area contributed by atoms with E-state index >= 15 is 0 Å². The molecule has 0 saturated carbocycles. The number of thiophene rings is 1. The third kappa shape index (κ3) is 5.12. The molecule has 0 spiro atoms. The lowest BCUT2D eigenvalue weighted by molar-refractivity contribution is 0.240. The predicted molar refractivity (Wildman–Crippen MR) is 141 cm³/mol. The predicted octanol–water partition coefficient (Wildman–Crippen LogP) is 6.26. The third-order valence-corrected chi connectivity index (χ3v) is 7.35. The first-order valence-electron chi connectivity index (χ1n) is 12.2. The van der Waals surface area contributed by atoms with Crippen LogP contribution in [0.15, 0.2) is 78.2 Å². The van der Waals surface area contributed by atoms with Crippen molar-refractivity contribution in [2.24, 2.45) is 0 Å². The van der Waals surface area contributed by atoms with Gasteiger partial charge in [-0.25, -0.2) is 0 Å². The molecule has 4 nitrogen and oxygen atoms in total. The van der Waals surface area contributed by atoms with Gasteiger partial charge in [-0.15, -0.1) is 11.3 Å². The maximum absolute atomic E-state index is 6.19. The number of fused-ring (bicyclic) bond motifs is 1. The maximum Gasteiger partial charge on any atom is 0.161 e. The number of nitrogens with zero attached hydrogens (tertiary/aromatic N) is 1. The van der Waals surface area contributed by atoms with Crippen molar-refractivity contribution in [3.63, 3.8) is 0 Å². The van der Waals surface area contributed by atoms with Gasteiger partial charge in [-0.1, -0.05) is 54.6 Å². The Bertz CT molecular complexity index is 1200. The SMILES string of the molecule is CCOc1cc(C(c2csc3ccccc23)N2CCCNCC2)ccc1OCc1ccccc1. The quantitative estimate of drug-likeness (QED) is 0.328. The van der Waals surface area contributed by atoms with Gasteiger partial charge >= 0.3 is 0 Å². The van der Waals surface area contributed by atoms with Crippen molar-refractivity contribution in [3.05, 3.63) is 94.9 Å². The molecule has 1 N–H and O–H groups in total. The summed E-state index contributed by atoms with van der Waals surface area (Å²) in [7, 11) is 0. The van der Waals surface area contributed by atoms with Gasteiger partial charge < -0.3 is 14.8 Å². The Morgan fingerprint density at radius 2 is 1.76 bits per heavy atom. The van der Waals surface area contributed by atoms with Crippen LogP contribution < -0.4 is 14.8 Å². The van der Waals surface area contributed by atoms with E-state index in [0.29, 0.717) is 13.2 Å². The molecule has 1 unspecified atom stereocenters. The molecule has 0 bridgehead atoms. The van der Waals surface area contributed by atoms with Crippen LogP contribution >= 0.6 is 11.3 Å². The molecule has 4 aromatic rings. The molecule has 1 fully saturated rings. The lowest BCUT2D eigenvalue weighted by Gasteiger charge is -2.31. The van der Waals surface area contributed by atoms with Crippen LogP contribution in [0.2, 0.25) is 0 Å². The molecule has 1 saturated heterocycles. The Morgan fingerprint density at radius 3 is 2.65 bits per heavy atom. The number of ether oxygens (including phenoxy) is 2. The molecule has 5 heteroatoms. The first-order chi connectivity index (χ1) is 16.8. The molecule has 0 aliphatic carbocycles. The van der Waals surface area contributed by atoms with Gasteiger partial charge in [-0.2, -0.15) is 0 Å². The van der Waals surface area contributed by atoms with E-state index in [-0.39, 0.29) is 6.04 Å². The Morgan fingerprint density at radius 1 is 0.912 bits per heavy atom. The highest BCUT2D eigenvalue weighted by Gasteiger charge is 2.26. The average molecular weight is 473 g/mol. The second-order valence-electron chi connectivity index (χ2n) is 8.64. The number of rotatable bonds is 8. The Labute approximate surface area is 206 Å². The van der Waals surface area contributed by atoms with Gasteiger partial charge in [-0.05, 0) is 65.5 Å². The molecule has 1 aromatic heterocycles. The minimum absolute atomic E-state index is 0.179. The summed E-state index contributed by atoms with van der Waals surface area (Å²) >= 11 is 1.83. The molecule has 2 heterocycles. The highest BCUT2D eigenvalue weighted by Crippen LogP contribution is 2.40. The summed E-state index contributed by atoms with van der Waals surface area (Å²) in [6.07, 6.45) is 1.15. The highest BCUT2D eigenvalue weighted by atomic mass is 32.1. The van der Waals surface area contributed by atoms with Gasteiger partial charge in [0.1, 0.15) is 6.61 Å². The van der Waals surface area contributed by atoms with E-state index < -0.39 is 0 Å². The van der Waals surface area contributed by atoms with Crippen molar-refractivity contribution >= 4 is 21.4 Å². The van der Waals surface area contributed by atoms with Crippen LogP contribution in [-0.4, -0.2) is 37.7 Å². The lowest BCUT2D eigenvalue weighted by atomic mass is 9.95. The number of benzene rings is 3. The van der Waals surface area contributed by atoms with Crippen molar-refractivity contribution in [1.82, 2.24) is 10.2 Å². The molecule has 1 atom stereocenters.